The molecule has 0 aliphatic carbocycles. The van der Waals surface area contributed by atoms with E-state index in [9.17, 15) is 4.79 Å². The molecular formula is C11H23NO3. The molecule has 0 aromatic carbocycles. The third-order valence-corrected chi connectivity index (χ3v) is 2.88. The molecule has 0 aliphatic rings. The van der Waals surface area contributed by atoms with Gasteiger partial charge in [0.05, 0.1) is 13.0 Å². The fourth-order valence-corrected chi connectivity index (χ4v) is 1.32. The Morgan fingerprint density at radius 1 is 1.60 bits per heavy atom. The molecule has 0 bridgehead atoms. The summed E-state index contributed by atoms with van der Waals surface area (Å²) in [5.74, 6) is -0.357. The molecule has 0 heterocycles. The van der Waals surface area contributed by atoms with E-state index in [1.807, 2.05) is 13.8 Å². The van der Waals surface area contributed by atoms with Gasteiger partial charge in [0.15, 0.2) is 0 Å². The van der Waals surface area contributed by atoms with Gasteiger partial charge in [-0.3, -0.25) is 4.79 Å². The van der Waals surface area contributed by atoms with Crippen LogP contribution in [0, 0.1) is 5.92 Å². The Bertz CT molecular complexity index is 196. The standard InChI is InChI=1S/C11H23NO3/c1-5-11(3,6-7-13)12-8-9(2)10(14)15-4/h9,12-13H,5-8H2,1-4H3. The van der Waals surface area contributed by atoms with E-state index in [4.69, 9.17) is 5.11 Å². The summed E-state index contributed by atoms with van der Waals surface area (Å²) in [6, 6.07) is 0. The second-order valence-electron chi connectivity index (χ2n) is 4.19. The molecule has 0 rings (SSSR count). The first-order valence-corrected chi connectivity index (χ1v) is 5.42. The number of ether oxygens (including phenoxy) is 1. The number of methoxy groups -OCH3 is 1. The zero-order valence-electron chi connectivity index (χ0n) is 10.2. The van der Waals surface area contributed by atoms with Crippen molar-refractivity contribution in [2.75, 3.05) is 20.3 Å². The van der Waals surface area contributed by atoms with Crippen LogP contribution < -0.4 is 5.32 Å². The molecule has 90 valence electrons. The highest BCUT2D eigenvalue weighted by molar-refractivity contribution is 5.72. The zero-order valence-corrected chi connectivity index (χ0v) is 10.2. The van der Waals surface area contributed by atoms with Crippen LogP contribution in [-0.4, -0.2) is 36.9 Å². The quantitative estimate of drug-likeness (QED) is 0.623. The van der Waals surface area contributed by atoms with Crippen LogP contribution >= 0.6 is 0 Å². The molecular weight excluding hydrogens is 194 g/mol. The SMILES string of the molecule is CCC(C)(CCO)NCC(C)C(=O)OC. The minimum Gasteiger partial charge on any atom is -0.469 e. The van der Waals surface area contributed by atoms with Gasteiger partial charge >= 0.3 is 5.97 Å². The number of rotatable bonds is 7. The van der Waals surface area contributed by atoms with E-state index < -0.39 is 0 Å². The Kier molecular flexibility index (Phi) is 6.52. The van der Waals surface area contributed by atoms with E-state index in [1.54, 1.807) is 0 Å². The topological polar surface area (TPSA) is 58.6 Å². The van der Waals surface area contributed by atoms with Crippen LogP contribution in [-0.2, 0) is 9.53 Å². The number of aliphatic hydroxyl groups is 1. The van der Waals surface area contributed by atoms with Crippen molar-refractivity contribution in [3.63, 3.8) is 0 Å². The van der Waals surface area contributed by atoms with Gasteiger partial charge in [0.1, 0.15) is 0 Å². The first-order valence-electron chi connectivity index (χ1n) is 5.42. The highest BCUT2D eigenvalue weighted by Crippen LogP contribution is 2.14. The summed E-state index contributed by atoms with van der Waals surface area (Å²) in [6.45, 7) is 6.67. The summed E-state index contributed by atoms with van der Waals surface area (Å²) >= 11 is 0. The predicted octanol–water partition coefficient (Wildman–Crippen LogP) is 0.936. The number of esters is 1. The van der Waals surface area contributed by atoms with E-state index in [0.717, 1.165) is 6.42 Å². The van der Waals surface area contributed by atoms with Crippen molar-refractivity contribution >= 4 is 5.97 Å². The third kappa shape index (κ3) is 5.14. The lowest BCUT2D eigenvalue weighted by Crippen LogP contribution is -2.45. The maximum absolute atomic E-state index is 11.2. The second-order valence-corrected chi connectivity index (χ2v) is 4.19. The first-order chi connectivity index (χ1) is 6.99. The smallest absolute Gasteiger partial charge is 0.309 e. The largest absolute Gasteiger partial charge is 0.469 e. The molecule has 4 heteroatoms. The predicted molar refractivity (Wildman–Crippen MR) is 59.6 cm³/mol. The molecule has 0 aromatic rings. The average Bonchev–Trinajstić information content (AvgIpc) is 2.25. The van der Waals surface area contributed by atoms with E-state index >= 15 is 0 Å². The molecule has 0 spiro atoms. The fourth-order valence-electron chi connectivity index (χ4n) is 1.32. The molecule has 2 atom stereocenters. The Labute approximate surface area is 92.0 Å². The molecule has 0 aliphatic heterocycles. The number of hydrogen-bond donors (Lipinski definition) is 2. The van der Waals surface area contributed by atoms with Gasteiger partial charge in [-0.05, 0) is 19.8 Å². The van der Waals surface area contributed by atoms with Gasteiger partial charge in [-0.1, -0.05) is 13.8 Å². The van der Waals surface area contributed by atoms with E-state index in [0.29, 0.717) is 13.0 Å². The van der Waals surface area contributed by atoms with Crippen LogP contribution in [0.4, 0.5) is 0 Å². The Morgan fingerprint density at radius 2 is 2.20 bits per heavy atom. The summed E-state index contributed by atoms with van der Waals surface area (Å²) in [5.41, 5.74) is -0.100. The Morgan fingerprint density at radius 3 is 2.60 bits per heavy atom. The van der Waals surface area contributed by atoms with E-state index in [1.165, 1.54) is 7.11 Å². The summed E-state index contributed by atoms with van der Waals surface area (Å²) in [7, 11) is 1.39. The molecule has 0 fully saturated rings. The Balaban J connectivity index is 4.05. The van der Waals surface area contributed by atoms with Crippen LogP contribution in [0.5, 0.6) is 0 Å². The van der Waals surface area contributed by atoms with Crippen LogP contribution in [0.1, 0.15) is 33.6 Å². The average molecular weight is 217 g/mol. The zero-order chi connectivity index (χ0) is 11.9. The van der Waals surface area contributed by atoms with Gasteiger partial charge in [-0.2, -0.15) is 0 Å². The molecule has 2 unspecified atom stereocenters. The maximum atomic E-state index is 11.2. The first kappa shape index (κ1) is 14.4. The van der Waals surface area contributed by atoms with Crippen molar-refractivity contribution in [1.29, 1.82) is 0 Å². The summed E-state index contributed by atoms with van der Waals surface area (Å²) in [6.07, 6.45) is 1.61. The lowest BCUT2D eigenvalue weighted by atomic mass is 9.94. The number of hydrogen-bond acceptors (Lipinski definition) is 4. The van der Waals surface area contributed by atoms with Crippen molar-refractivity contribution in [3.8, 4) is 0 Å². The number of carbonyl (C=O) groups is 1. The minimum atomic E-state index is -0.204. The molecule has 4 nitrogen and oxygen atoms in total. The number of aliphatic hydroxyl groups excluding tert-OH is 1. The van der Waals surface area contributed by atoms with Crippen LogP contribution in [0.25, 0.3) is 0 Å². The molecule has 0 saturated carbocycles. The monoisotopic (exact) mass is 217 g/mol. The van der Waals surface area contributed by atoms with Crippen molar-refractivity contribution in [2.45, 2.75) is 39.2 Å². The molecule has 2 N–H and O–H groups in total. The summed E-state index contributed by atoms with van der Waals surface area (Å²) < 4.78 is 4.64. The summed E-state index contributed by atoms with van der Waals surface area (Å²) in [5, 5.41) is 12.2. The van der Waals surface area contributed by atoms with E-state index in [2.05, 4.69) is 17.0 Å². The lowest BCUT2D eigenvalue weighted by Gasteiger charge is -2.30. The second kappa shape index (κ2) is 6.80. The van der Waals surface area contributed by atoms with Gasteiger partial charge in [0.2, 0.25) is 0 Å². The number of nitrogens with one attached hydrogen (secondary N) is 1. The van der Waals surface area contributed by atoms with E-state index in [-0.39, 0.29) is 24.0 Å². The lowest BCUT2D eigenvalue weighted by molar-refractivity contribution is -0.144. The molecule has 0 aromatic heterocycles. The number of carbonyl (C=O) groups excluding carboxylic acids is 1. The third-order valence-electron chi connectivity index (χ3n) is 2.88. The molecule has 0 saturated heterocycles. The van der Waals surface area contributed by atoms with Crippen molar-refractivity contribution in [3.05, 3.63) is 0 Å². The van der Waals surface area contributed by atoms with Crippen molar-refractivity contribution in [1.82, 2.24) is 5.32 Å². The van der Waals surface area contributed by atoms with Crippen molar-refractivity contribution < 1.29 is 14.6 Å². The summed E-state index contributed by atoms with van der Waals surface area (Å²) in [4.78, 5) is 11.2. The van der Waals surface area contributed by atoms with Gasteiger partial charge < -0.3 is 15.2 Å². The normalized spacial score (nSPS) is 16.9. The highest BCUT2D eigenvalue weighted by Gasteiger charge is 2.23. The van der Waals surface area contributed by atoms with Crippen LogP contribution in [0.3, 0.4) is 0 Å². The Hall–Kier alpha value is -0.610. The van der Waals surface area contributed by atoms with Gasteiger partial charge in [0, 0.05) is 18.7 Å². The molecule has 15 heavy (non-hydrogen) atoms. The maximum Gasteiger partial charge on any atom is 0.309 e. The van der Waals surface area contributed by atoms with Gasteiger partial charge in [-0.15, -0.1) is 0 Å². The highest BCUT2D eigenvalue weighted by atomic mass is 16.5. The molecule has 0 amide bonds. The minimum absolute atomic E-state index is 0.100. The fraction of sp³-hybridized carbons (Fsp3) is 0.909. The molecule has 0 radical (unpaired) electrons. The van der Waals surface area contributed by atoms with Crippen LogP contribution in [0.2, 0.25) is 0 Å². The van der Waals surface area contributed by atoms with Gasteiger partial charge in [0.25, 0.3) is 0 Å². The van der Waals surface area contributed by atoms with Gasteiger partial charge in [-0.25, -0.2) is 0 Å². The van der Waals surface area contributed by atoms with Crippen molar-refractivity contribution in [2.24, 2.45) is 5.92 Å². The van der Waals surface area contributed by atoms with Crippen LogP contribution in [0.15, 0.2) is 0 Å².